The lowest BCUT2D eigenvalue weighted by Crippen LogP contribution is -2.41. The molecule has 1 N–H and O–H groups in total. The number of nitrogens with zero attached hydrogens (tertiary/aromatic N) is 2. The normalized spacial score (nSPS) is 20.7. The van der Waals surface area contributed by atoms with Crippen LogP contribution in [0, 0.1) is 5.92 Å². The third-order valence-corrected chi connectivity index (χ3v) is 7.88. The third-order valence-electron chi connectivity index (χ3n) is 7.62. The summed E-state index contributed by atoms with van der Waals surface area (Å²) < 4.78 is 6.73. The average Bonchev–Trinajstić information content (AvgIpc) is 3.38. The second-order valence-corrected chi connectivity index (χ2v) is 11.1. The van der Waals surface area contributed by atoms with E-state index in [9.17, 15) is 0 Å². The van der Waals surface area contributed by atoms with Gasteiger partial charge in [0.15, 0.2) is 5.54 Å². The summed E-state index contributed by atoms with van der Waals surface area (Å²) in [7, 11) is 0. The first-order valence-electron chi connectivity index (χ1n) is 13.8. The van der Waals surface area contributed by atoms with Crippen LogP contribution in [0.25, 0.3) is 5.70 Å². The van der Waals surface area contributed by atoms with Crippen molar-refractivity contribution in [1.82, 2.24) is 5.32 Å². The molecule has 0 amide bonds. The van der Waals surface area contributed by atoms with E-state index in [2.05, 4.69) is 85.9 Å². The van der Waals surface area contributed by atoms with Gasteiger partial charge in [-0.2, -0.15) is 0 Å². The molecule has 4 nitrogen and oxygen atoms in total. The predicted octanol–water partition coefficient (Wildman–Crippen LogP) is 8.02. The first-order valence-corrected chi connectivity index (χ1v) is 14.1. The van der Waals surface area contributed by atoms with Gasteiger partial charge in [-0.1, -0.05) is 129 Å². The average molecular weight is 546 g/mol. The van der Waals surface area contributed by atoms with E-state index in [1.54, 1.807) is 0 Å². The van der Waals surface area contributed by atoms with Crippen LogP contribution in [-0.2, 0) is 16.8 Å². The van der Waals surface area contributed by atoms with Crippen molar-refractivity contribution in [3.8, 4) is 0 Å². The zero-order chi connectivity index (χ0) is 27.5. The minimum atomic E-state index is -0.860. The monoisotopic (exact) mass is 545 g/mol. The van der Waals surface area contributed by atoms with Crippen LogP contribution in [-0.4, -0.2) is 17.8 Å². The van der Waals surface area contributed by atoms with E-state index in [0.29, 0.717) is 23.4 Å². The zero-order valence-electron chi connectivity index (χ0n) is 22.7. The van der Waals surface area contributed by atoms with Gasteiger partial charge in [0.1, 0.15) is 0 Å². The zero-order valence-corrected chi connectivity index (χ0v) is 23.4. The Labute approximate surface area is 241 Å². The Morgan fingerprint density at radius 2 is 1.45 bits per heavy atom. The van der Waals surface area contributed by atoms with Gasteiger partial charge in [-0.15, -0.1) is 0 Å². The Morgan fingerprint density at radius 1 is 0.825 bits per heavy atom. The number of hydrogen-bond donors (Lipinski definition) is 1. The van der Waals surface area contributed by atoms with Gasteiger partial charge in [-0.05, 0) is 46.4 Å². The Kier molecular flexibility index (Phi) is 7.38. The molecule has 5 heteroatoms. The van der Waals surface area contributed by atoms with Crippen molar-refractivity contribution in [2.75, 3.05) is 0 Å². The summed E-state index contributed by atoms with van der Waals surface area (Å²) in [6.45, 7) is 5.09. The number of rotatable bonds is 8. The van der Waals surface area contributed by atoms with Crippen molar-refractivity contribution in [3.63, 3.8) is 0 Å². The molecule has 0 fully saturated rings. The molecule has 2 aliphatic rings. The second-order valence-electron chi connectivity index (χ2n) is 10.6. The molecule has 40 heavy (non-hydrogen) atoms. The summed E-state index contributed by atoms with van der Waals surface area (Å²) in [5, 5.41) is 4.39. The molecular formula is C35H32ClN3O. The van der Waals surface area contributed by atoms with E-state index in [1.165, 1.54) is 5.56 Å². The highest BCUT2D eigenvalue weighted by molar-refractivity contribution is 6.30. The summed E-state index contributed by atoms with van der Waals surface area (Å²) in [6.07, 6.45) is 2.24. The maximum Gasteiger partial charge on any atom is 0.230 e. The summed E-state index contributed by atoms with van der Waals surface area (Å²) in [4.78, 5) is 10.6. The molecule has 0 bridgehead atoms. The van der Waals surface area contributed by atoms with Gasteiger partial charge >= 0.3 is 0 Å². The number of nitrogens with one attached hydrogen (secondary N) is 1. The molecule has 3 atom stereocenters. The van der Waals surface area contributed by atoms with E-state index in [0.717, 1.165) is 22.4 Å². The minimum Gasteiger partial charge on any atom is -0.424 e. The molecule has 0 saturated carbocycles. The summed E-state index contributed by atoms with van der Waals surface area (Å²) >= 11 is 6.35. The molecule has 2 aliphatic heterocycles. The predicted molar refractivity (Wildman–Crippen MR) is 165 cm³/mol. The maximum atomic E-state index is 6.73. The highest BCUT2D eigenvalue weighted by atomic mass is 35.5. The highest BCUT2D eigenvalue weighted by Gasteiger charge is 2.54. The SMILES string of the molecule is CC(C)C(NCc1ccccc1)C1=N[C@@]2(c3ccc(Cl)cc3)C(=NC(c3ccccc3)=C[C@H]2c2ccccc2)O1. The van der Waals surface area contributed by atoms with Crippen LogP contribution in [0.3, 0.4) is 0 Å². The van der Waals surface area contributed by atoms with Crippen molar-refractivity contribution in [3.05, 3.63) is 149 Å². The Morgan fingerprint density at radius 3 is 2.10 bits per heavy atom. The van der Waals surface area contributed by atoms with Gasteiger partial charge < -0.3 is 10.1 Å². The lowest BCUT2D eigenvalue weighted by Gasteiger charge is -2.35. The van der Waals surface area contributed by atoms with Gasteiger partial charge in [-0.3, -0.25) is 0 Å². The van der Waals surface area contributed by atoms with E-state index < -0.39 is 5.54 Å². The standard InChI is InChI=1S/C35H32ClN3O/c1-24(2)32(37-23-25-12-6-3-7-13-25)33-39-35(28-18-20-29(36)21-19-28)30(26-14-8-4-9-15-26)22-31(38-34(35)40-33)27-16-10-5-11-17-27/h3-22,24,30,32,37H,23H2,1-2H3/t30-,32?,35+/m0/s1. The molecule has 6 rings (SSSR count). The minimum absolute atomic E-state index is 0.103. The van der Waals surface area contributed by atoms with Crippen LogP contribution in [0.2, 0.25) is 5.02 Å². The molecule has 0 saturated heterocycles. The number of halogens is 1. The van der Waals surface area contributed by atoms with Crippen molar-refractivity contribution in [2.24, 2.45) is 15.9 Å². The van der Waals surface area contributed by atoms with Crippen LogP contribution in [0.15, 0.2) is 131 Å². The first kappa shape index (κ1) is 26.2. The summed E-state index contributed by atoms with van der Waals surface area (Å²) in [6, 6.07) is 39.0. The number of ether oxygens (including phenoxy) is 1. The molecule has 0 aromatic heterocycles. The summed E-state index contributed by atoms with van der Waals surface area (Å²) in [5.41, 5.74) is 4.41. The first-order chi connectivity index (χ1) is 19.5. The molecule has 2 heterocycles. The van der Waals surface area contributed by atoms with Crippen LogP contribution >= 0.6 is 11.6 Å². The van der Waals surface area contributed by atoms with Crippen LogP contribution < -0.4 is 5.32 Å². The van der Waals surface area contributed by atoms with Crippen LogP contribution in [0.5, 0.6) is 0 Å². The lowest BCUT2D eigenvalue weighted by atomic mass is 9.72. The van der Waals surface area contributed by atoms with Crippen molar-refractivity contribution in [2.45, 2.75) is 37.9 Å². The Bertz CT molecular complexity index is 1550. The largest absolute Gasteiger partial charge is 0.424 e. The third kappa shape index (κ3) is 5.01. The number of fused-ring (bicyclic) bond motifs is 1. The topological polar surface area (TPSA) is 46.0 Å². The quantitative estimate of drug-likeness (QED) is 0.244. The molecular weight excluding hydrogens is 514 g/mol. The van der Waals surface area contributed by atoms with Crippen LogP contribution in [0.4, 0.5) is 0 Å². The van der Waals surface area contributed by atoms with Gasteiger partial charge in [0.05, 0.1) is 11.7 Å². The fraction of sp³-hybridized carbons (Fsp3) is 0.200. The Balaban J connectivity index is 1.50. The van der Waals surface area contributed by atoms with E-state index in [1.807, 2.05) is 54.6 Å². The molecule has 200 valence electrons. The highest BCUT2D eigenvalue weighted by Crippen LogP contribution is 2.50. The smallest absolute Gasteiger partial charge is 0.230 e. The fourth-order valence-electron chi connectivity index (χ4n) is 5.56. The molecule has 4 aromatic carbocycles. The molecule has 0 spiro atoms. The fourth-order valence-corrected chi connectivity index (χ4v) is 5.69. The maximum absolute atomic E-state index is 6.73. The van der Waals surface area contributed by atoms with E-state index in [4.69, 9.17) is 26.3 Å². The molecule has 4 aromatic rings. The number of hydrogen-bond acceptors (Lipinski definition) is 4. The van der Waals surface area contributed by atoms with Crippen molar-refractivity contribution < 1.29 is 4.74 Å². The molecule has 0 radical (unpaired) electrons. The van der Waals surface area contributed by atoms with Gasteiger partial charge in [0.2, 0.25) is 11.8 Å². The van der Waals surface area contributed by atoms with Gasteiger partial charge in [0.25, 0.3) is 0 Å². The lowest BCUT2D eigenvalue weighted by molar-refractivity contribution is 0.414. The number of aliphatic imine (C=N–C) groups is 2. The van der Waals surface area contributed by atoms with Crippen LogP contribution in [0.1, 0.15) is 42.0 Å². The van der Waals surface area contributed by atoms with Crippen molar-refractivity contribution >= 4 is 29.1 Å². The van der Waals surface area contributed by atoms with E-state index >= 15 is 0 Å². The number of benzene rings is 4. The van der Waals surface area contributed by atoms with E-state index in [-0.39, 0.29) is 17.9 Å². The van der Waals surface area contributed by atoms with Gasteiger partial charge in [-0.25, -0.2) is 9.98 Å². The van der Waals surface area contributed by atoms with Gasteiger partial charge in [0, 0.05) is 17.5 Å². The molecule has 0 aliphatic carbocycles. The van der Waals surface area contributed by atoms with Crippen molar-refractivity contribution in [1.29, 1.82) is 0 Å². The second kappa shape index (κ2) is 11.2. The summed E-state index contributed by atoms with van der Waals surface area (Å²) in [5.74, 6) is 1.34. The Hall–Kier alpha value is -3.99. The molecule has 1 unspecified atom stereocenters.